The number of hydrogen-bond acceptors (Lipinski definition) is 6. The van der Waals surface area contributed by atoms with Crippen molar-refractivity contribution in [2.45, 2.75) is 77.0 Å². The molecule has 6 N–H and O–H groups in total. The van der Waals surface area contributed by atoms with Gasteiger partial charge in [-0.25, -0.2) is 0 Å². The number of hydrogen-bond donors (Lipinski definition) is 6. The minimum absolute atomic E-state index is 0.378. The molecule has 0 saturated heterocycles. The first-order valence-electron chi connectivity index (χ1n) is 18.2. The summed E-state index contributed by atoms with van der Waals surface area (Å²) in [6.07, 6.45) is 15.4. The van der Waals surface area contributed by atoms with Crippen molar-refractivity contribution < 1.29 is 30.6 Å². The monoisotopic (exact) mass is 588 g/mol. The van der Waals surface area contributed by atoms with E-state index in [9.17, 15) is 30.6 Å². The normalized spacial score (nSPS) is 55.3. The van der Waals surface area contributed by atoms with Gasteiger partial charge >= 0.3 is 0 Å². The molecule has 6 nitrogen and oxygen atoms in total. The quantitative estimate of drug-likeness (QED) is 0.281. The average Bonchev–Trinajstić information content (AvgIpc) is 3.87. The summed E-state index contributed by atoms with van der Waals surface area (Å²) in [7, 11) is 0. The van der Waals surface area contributed by atoms with Crippen molar-refractivity contribution in [3.63, 3.8) is 0 Å². The highest BCUT2D eigenvalue weighted by Gasteiger charge is 2.58. The van der Waals surface area contributed by atoms with Crippen LogP contribution in [-0.2, 0) is 0 Å². The maximum atomic E-state index is 9.34. The van der Waals surface area contributed by atoms with Gasteiger partial charge in [0.25, 0.3) is 0 Å². The molecule has 0 aromatic heterocycles. The van der Waals surface area contributed by atoms with Gasteiger partial charge in [-0.05, 0) is 184 Å². The number of rotatable bonds is 6. The molecule has 0 aromatic carbocycles. The Labute approximate surface area is 253 Å². The smallest absolute Gasteiger partial charge is 0.0462 e. The molecule has 9 aliphatic rings. The van der Waals surface area contributed by atoms with Crippen LogP contribution in [0.25, 0.3) is 0 Å². The van der Waals surface area contributed by atoms with Gasteiger partial charge in [0.1, 0.15) is 0 Å². The second kappa shape index (κ2) is 12.5. The molecular formula is C36H60O6. The van der Waals surface area contributed by atoms with Gasteiger partial charge in [-0.3, -0.25) is 0 Å². The summed E-state index contributed by atoms with van der Waals surface area (Å²) in [5.74, 6) is 13.5. The summed E-state index contributed by atoms with van der Waals surface area (Å²) in [5.41, 5.74) is 0. The maximum Gasteiger partial charge on any atom is 0.0462 e. The Morgan fingerprint density at radius 1 is 0.310 bits per heavy atom. The number of aliphatic hydroxyl groups is 6. The van der Waals surface area contributed by atoms with Gasteiger partial charge in [0.15, 0.2) is 0 Å². The van der Waals surface area contributed by atoms with E-state index in [1.54, 1.807) is 0 Å². The van der Waals surface area contributed by atoms with Crippen LogP contribution in [0.5, 0.6) is 0 Å². The Hall–Kier alpha value is -0.240. The molecule has 9 rings (SSSR count). The number of fused-ring (bicyclic) bond motifs is 15. The second-order valence-corrected chi connectivity index (χ2v) is 16.9. The van der Waals surface area contributed by atoms with Crippen LogP contribution in [0.2, 0.25) is 0 Å². The van der Waals surface area contributed by atoms with Gasteiger partial charge < -0.3 is 30.6 Å². The summed E-state index contributed by atoms with van der Waals surface area (Å²) < 4.78 is 0. The molecule has 0 aromatic rings. The molecule has 18 atom stereocenters. The zero-order valence-electron chi connectivity index (χ0n) is 25.8. The van der Waals surface area contributed by atoms with Crippen molar-refractivity contribution >= 4 is 0 Å². The molecule has 0 amide bonds. The maximum absolute atomic E-state index is 9.34. The Balaban J connectivity index is 0.000000103. The largest absolute Gasteiger partial charge is 0.396 e. The third kappa shape index (κ3) is 4.96. The van der Waals surface area contributed by atoms with E-state index < -0.39 is 0 Å². The highest BCUT2D eigenvalue weighted by Crippen LogP contribution is 2.64. The van der Waals surface area contributed by atoms with Gasteiger partial charge in [0.05, 0.1) is 0 Å². The summed E-state index contributed by atoms with van der Waals surface area (Å²) in [5, 5.41) is 55.7. The fourth-order valence-electron chi connectivity index (χ4n) is 14.3. The Bertz CT molecular complexity index is 901. The van der Waals surface area contributed by atoms with E-state index >= 15 is 0 Å². The summed E-state index contributed by atoms with van der Waals surface area (Å²) >= 11 is 0. The van der Waals surface area contributed by atoms with E-state index in [4.69, 9.17) is 0 Å². The van der Waals surface area contributed by atoms with Crippen molar-refractivity contribution in [1.29, 1.82) is 0 Å². The van der Waals surface area contributed by atoms with Crippen molar-refractivity contribution in [2.24, 2.45) is 107 Å². The van der Waals surface area contributed by atoms with Crippen molar-refractivity contribution in [3.05, 3.63) is 0 Å². The lowest BCUT2D eigenvalue weighted by Gasteiger charge is -2.33. The van der Waals surface area contributed by atoms with Gasteiger partial charge in [-0.2, -0.15) is 0 Å². The zero-order valence-corrected chi connectivity index (χ0v) is 25.8. The van der Waals surface area contributed by atoms with E-state index in [-0.39, 0.29) is 0 Å². The highest BCUT2D eigenvalue weighted by atomic mass is 16.3. The lowest BCUT2D eigenvalue weighted by molar-refractivity contribution is 0.0794. The molecule has 9 aliphatic carbocycles. The Morgan fingerprint density at radius 3 is 1.43 bits per heavy atom. The van der Waals surface area contributed by atoms with Crippen LogP contribution >= 0.6 is 0 Å². The predicted octanol–water partition coefficient (Wildman–Crippen LogP) is 3.81. The van der Waals surface area contributed by atoms with E-state index in [0.29, 0.717) is 75.1 Å². The molecular weight excluding hydrogens is 528 g/mol. The van der Waals surface area contributed by atoms with Gasteiger partial charge in [0, 0.05) is 39.6 Å². The minimum Gasteiger partial charge on any atom is -0.396 e. The lowest BCUT2D eigenvalue weighted by Crippen LogP contribution is -2.31. The predicted molar refractivity (Wildman–Crippen MR) is 161 cm³/mol. The Morgan fingerprint density at radius 2 is 0.786 bits per heavy atom. The molecule has 9 fully saturated rings. The van der Waals surface area contributed by atoms with E-state index in [1.807, 2.05) is 0 Å². The molecule has 6 bridgehead atoms. The first kappa shape index (κ1) is 30.4. The lowest BCUT2D eigenvalue weighted by atomic mass is 9.73. The molecule has 42 heavy (non-hydrogen) atoms. The fourth-order valence-corrected chi connectivity index (χ4v) is 14.3. The van der Waals surface area contributed by atoms with Crippen LogP contribution in [0.3, 0.4) is 0 Å². The van der Waals surface area contributed by atoms with Crippen molar-refractivity contribution in [2.75, 3.05) is 39.6 Å². The minimum atomic E-state index is 0.378. The highest BCUT2D eigenvalue weighted by molar-refractivity contribution is 5.07. The molecule has 6 heteroatoms. The molecule has 0 radical (unpaired) electrons. The molecule has 9 saturated carbocycles. The third-order valence-corrected chi connectivity index (χ3v) is 15.7. The summed E-state index contributed by atoms with van der Waals surface area (Å²) in [4.78, 5) is 0. The van der Waals surface area contributed by atoms with Crippen LogP contribution in [0.15, 0.2) is 0 Å². The van der Waals surface area contributed by atoms with Gasteiger partial charge in [-0.1, -0.05) is 0 Å². The van der Waals surface area contributed by atoms with E-state index in [1.165, 1.54) is 77.0 Å². The molecule has 0 spiro atoms. The average molecular weight is 589 g/mol. The third-order valence-electron chi connectivity index (χ3n) is 15.7. The van der Waals surface area contributed by atoms with Crippen LogP contribution in [-0.4, -0.2) is 70.3 Å². The van der Waals surface area contributed by atoms with Crippen LogP contribution in [0.4, 0.5) is 0 Å². The van der Waals surface area contributed by atoms with Gasteiger partial charge in [0.2, 0.25) is 0 Å². The number of aliphatic hydroxyl groups excluding tert-OH is 6. The Kier molecular flexibility index (Phi) is 9.06. The molecule has 18 unspecified atom stereocenters. The van der Waals surface area contributed by atoms with E-state index in [0.717, 1.165) is 71.0 Å². The van der Waals surface area contributed by atoms with Crippen LogP contribution in [0, 0.1) is 107 Å². The first-order chi connectivity index (χ1) is 20.5. The summed E-state index contributed by atoms with van der Waals surface area (Å²) in [6.45, 7) is 2.33. The van der Waals surface area contributed by atoms with Crippen molar-refractivity contribution in [3.8, 4) is 0 Å². The first-order valence-corrected chi connectivity index (χ1v) is 18.2. The SMILES string of the molecule is OCC1CC2C3CC(CO)C(C3)C2C1.OCC1CC2CC1C1C(CO)CCC21.OCC1CC2CC1C1CCC(CO)C21. The van der Waals surface area contributed by atoms with Crippen molar-refractivity contribution in [1.82, 2.24) is 0 Å². The molecule has 240 valence electrons. The summed E-state index contributed by atoms with van der Waals surface area (Å²) in [6, 6.07) is 0. The topological polar surface area (TPSA) is 121 Å². The second-order valence-electron chi connectivity index (χ2n) is 16.9. The molecule has 0 aliphatic heterocycles. The van der Waals surface area contributed by atoms with Gasteiger partial charge in [-0.15, -0.1) is 0 Å². The zero-order chi connectivity index (χ0) is 29.1. The van der Waals surface area contributed by atoms with Crippen LogP contribution < -0.4 is 0 Å². The standard InChI is InChI=1S/3C12H20O2/c13-5-7-1-10-8-3-9(6-14)11(4-8)12(10)2-7;13-5-7-1-2-10-11-4-8(12(7)10)3-9(11)6-14;13-5-7-1-2-10-8-3-9(6-14)11(4-8)12(7)10/h3*7-14H,1-6H2. The fraction of sp³-hybridized carbons (Fsp3) is 1.00. The molecule has 0 heterocycles. The van der Waals surface area contributed by atoms with Crippen LogP contribution in [0.1, 0.15) is 77.0 Å². The van der Waals surface area contributed by atoms with E-state index in [2.05, 4.69) is 0 Å².